The highest BCUT2D eigenvalue weighted by Crippen LogP contribution is 2.11. The molecule has 0 saturated heterocycles. The Labute approximate surface area is 108 Å². The maximum atomic E-state index is 12.0. The van der Waals surface area contributed by atoms with Gasteiger partial charge >= 0.3 is 5.97 Å². The topological polar surface area (TPSA) is 97.1 Å². The summed E-state index contributed by atoms with van der Waals surface area (Å²) in [5.41, 5.74) is 0.191. The molecule has 0 atom stereocenters. The molecule has 0 aliphatic rings. The van der Waals surface area contributed by atoms with Crippen molar-refractivity contribution in [3.8, 4) is 0 Å². The molecular formula is C12H12N4O3. The van der Waals surface area contributed by atoms with Crippen LogP contribution in [0.2, 0.25) is 0 Å². The molecule has 0 bridgehead atoms. The predicted octanol–water partition coefficient (Wildman–Crippen LogP) is 1.10. The summed E-state index contributed by atoms with van der Waals surface area (Å²) < 4.78 is 1.10. The molecule has 7 nitrogen and oxygen atoms in total. The maximum Gasteiger partial charge on any atom is 0.356 e. The van der Waals surface area contributed by atoms with Gasteiger partial charge in [0.25, 0.3) is 5.56 Å². The van der Waals surface area contributed by atoms with E-state index in [9.17, 15) is 9.59 Å². The first-order valence-electron chi connectivity index (χ1n) is 5.64. The van der Waals surface area contributed by atoms with E-state index in [-0.39, 0.29) is 16.9 Å². The molecule has 0 spiro atoms. The average Bonchev–Trinajstić information content (AvgIpc) is 2.42. The molecule has 0 saturated carbocycles. The molecule has 0 amide bonds. The Hall–Kier alpha value is -2.70. The molecule has 2 aromatic heterocycles. The second-order valence-corrected chi connectivity index (χ2v) is 3.74. The van der Waals surface area contributed by atoms with Crippen molar-refractivity contribution in [2.24, 2.45) is 0 Å². The van der Waals surface area contributed by atoms with Crippen molar-refractivity contribution < 1.29 is 9.90 Å². The number of carboxylic acid groups (broad SMARTS) is 1. The number of aromatic nitrogens is 3. The van der Waals surface area contributed by atoms with Crippen molar-refractivity contribution in [3.05, 3.63) is 46.6 Å². The number of aromatic carboxylic acids is 1. The molecule has 19 heavy (non-hydrogen) atoms. The number of carbonyl (C=O) groups is 1. The highest BCUT2D eigenvalue weighted by molar-refractivity contribution is 5.86. The van der Waals surface area contributed by atoms with E-state index in [0.29, 0.717) is 12.2 Å². The van der Waals surface area contributed by atoms with Gasteiger partial charge in [0.15, 0.2) is 5.69 Å². The Balaban J connectivity index is 2.47. The van der Waals surface area contributed by atoms with Gasteiger partial charge in [-0.15, -0.1) is 0 Å². The third-order valence-electron chi connectivity index (χ3n) is 2.43. The quantitative estimate of drug-likeness (QED) is 0.854. The number of rotatable bonds is 4. The van der Waals surface area contributed by atoms with Crippen molar-refractivity contribution in [1.82, 2.24) is 14.8 Å². The van der Waals surface area contributed by atoms with Crippen molar-refractivity contribution in [3.63, 3.8) is 0 Å². The van der Waals surface area contributed by atoms with Crippen LogP contribution in [0, 0.1) is 0 Å². The Morgan fingerprint density at radius 3 is 2.89 bits per heavy atom. The van der Waals surface area contributed by atoms with E-state index >= 15 is 0 Å². The van der Waals surface area contributed by atoms with Crippen molar-refractivity contribution in [2.45, 2.75) is 13.5 Å². The molecule has 0 aliphatic carbocycles. The molecule has 2 rings (SSSR count). The molecule has 2 heterocycles. The van der Waals surface area contributed by atoms with E-state index in [1.807, 2.05) is 0 Å². The minimum absolute atomic E-state index is 0.155. The lowest BCUT2D eigenvalue weighted by atomic mass is 10.3. The van der Waals surface area contributed by atoms with Crippen molar-refractivity contribution in [1.29, 1.82) is 0 Å². The fraction of sp³-hybridized carbons (Fsp3) is 0.167. The van der Waals surface area contributed by atoms with Crippen molar-refractivity contribution in [2.75, 3.05) is 5.32 Å². The summed E-state index contributed by atoms with van der Waals surface area (Å²) in [6.07, 6.45) is 3.14. The first-order chi connectivity index (χ1) is 9.11. The number of nitrogens with zero attached hydrogens (tertiary/aromatic N) is 3. The van der Waals surface area contributed by atoms with E-state index in [0.717, 1.165) is 4.68 Å². The van der Waals surface area contributed by atoms with Crippen LogP contribution in [-0.4, -0.2) is 25.8 Å². The van der Waals surface area contributed by atoms with E-state index in [2.05, 4.69) is 15.4 Å². The van der Waals surface area contributed by atoms with Crippen LogP contribution in [0.1, 0.15) is 17.4 Å². The smallest absolute Gasteiger partial charge is 0.356 e. The van der Waals surface area contributed by atoms with Crippen molar-refractivity contribution >= 4 is 17.3 Å². The minimum Gasteiger partial charge on any atom is -0.476 e. The zero-order valence-corrected chi connectivity index (χ0v) is 10.2. The molecule has 0 radical (unpaired) electrons. The summed E-state index contributed by atoms with van der Waals surface area (Å²) in [5.74, 6) is -1.18. The Morgan fingerprint density at radius 2 is 2.32 bits per heavy atom. The number of nitrogens with one attached hydrogen (secondary N) is 1. The van der Waals surface area contributed by atoms with Gasteiger partial charge in [-0.05, 0) is 19.1 Å². The molecule has 0 aliphatic heterocycles. The number of hydrogen-bond donors (Lipinski definition) is 2. The fourth-order valence-electron chi connectivity index (χ4n) is 1.54. The lowest BCUT2D eigenvalue weighted by Gasteiger charge is -2.08. The van der Waals surface area contributed by atoms with Gasteiger partial charge in [0.2, 0.25) is 0 Å². The second-order valence-electron chi connectivity index (χ2n) is 3.74. The molecule has 0 unspecified atom stereocenters. The van der Waals surface area contributed by atoms with Gasteiger partial charge in [0, 0.05) is 18.8 Å². The number of hydrogen-bond acceptors (Lipinski definition) is 5. The van der Waals surface area contributed by atoms with E-state index < -0.39 is 5.97 Å². The molecule has 0 fully saturated rings. The average molecular weight is 260 g/mol. The fourth-order valence-corrected chi connectivity index (χ4v) is 1.54. The molecule has 98 valence electrons. The Kier molecular flexibility index (Phi) is 3.56. The van der Waals surface area contributed by atoms with Crippen LogP contribution in [-0.2, 0) is 6.54 Å². The lowest BCUT2D eigenvalue weighted by molar-refractivity contribution is 0.0687. The summed E-state index contributed by atoms with van der Waals surface area (Å²) in [6, 6.07) is 4.65. The first-order valence-corrected chi connectivity index (χ1v) is 5.64. The van der Waals surface area contributed by atoms with Crippen LogP contribution in [0.4, 0.5) is 11.4 Å². The van der Waals surface area contributed by atoms with Gasteiger partial charge in [0.1, 0.15) is 5.69 Å². The normalized spacial score (nSPS) is 10.2. The third-order valence-corrected chi connectivity index (χ3v) is 2.43. The molecular weight excluding hydrogens is 248 g/mol. The standard InChI is InChI=1S/C12H12N4O3/c1-2-16-11(17)9(6-10(15-16)12(18)19)14-8-4-3-5-13-7-8/h3-7,14H,2H2,1H3,(H,18,19). The number of pyridine rings is 1. The molecule has 2 N–H and O–H groups in total. The van der Waals surface area contributed by atoms with Gasteiger partial charge in [-0.2, -0.15) is 5.10 Å². The van der Waals surface area contributed by atoms with E-state index in [1.165, 1.54) is 12.3 Å². The SMILES string of the molecule is CCn1nc(C(=O)O)cc(Nc2cccnc2)c1=O. The van der Waals surface area contributed by atoms with Crippen LogP contribution in [0.3, 0.4) is 0 Å². The highest BCUT2D eigenvalue weighted by atomic mass is 16.4. The van der Waals surface area contributed by atoms with Gasteiger partial charge in [-0.3, -0.25) is 9.78 Å². The van der Waals surface area contributed by atoms with Gasteiger partial charge in [-0.1, -0.05) is 0 Å². The third kappa shape index (κ3) is 2.76. The number of anilines is 2. The number of aryl methyl sites for hydroxylation is 1. The monoisotopic (exact) mass is 260 g/mol. The van der Waals surface area contributed by atoms with E-state index in [1.54, 1.807) is 25.3 Å². The van der Waals surface area contributed by atoms with Gasteiger partial charge in [-0.25, -0.2) is 9.48 Å². The highest BCUT2D eigenvalue weighted by Gasteiger charge is 2.12. The van der Waals surface area contributed by atoms with E-state index in [4.69, 9.17) is 5.11 Å². The minimum atomic E-state index is -1.18. The summed E-state index contributed by atoms with van der Waals surface area (Å²) in [7, 11) is 0. The summed E-state index contributed by atoms with van der Waals surface area (Å²) in [6.45, 7) is 2.01. The largest absolute Gasteiger partial charge is 0.476 e. The molecule has 2 aromatic rings. The van der Waals surface area contributed by atoms with Crippen LogP contribution in [0.5, 0.6) is 0 Å². The zero-order valence-electron chi connectivity index (χ0n) is 10.2. The van der Waals surface area contributed by atoms with Gasteiger partial charge in [0.05, 0.1) is 11.9 Å². The molecule has 0 aromatic carbocycles. The summed E-state index contributed by atoms with van der Waals surface area (Å²) >= 11 is 0. The zero-order chi connectivity index (χ0) is 13.8. The Morgan fingerprint density at radius 1 is 1.53 bits per heavy atom. The molecule has 7 heteroatoms. The lowest BCUT2D eigenvalue weighted by Crippen LogP contribution is -2.26. The second kappa shape index (κ2) is 5.30. The van der Waals surface area contributed by atoms with Crippen LogP contribution in [0.25, 0.3) is 0 Å². The van der Waals surface area contributed by atoms with Crippen LogP contribution in [0.15, 0.2) is 35.4 Å². The van der Waals surface area contributed by atoms with Gasteiger partial charge < -0.3 is 10.4 Å². The van der Waals surface area contributed by atoms with Crippen LogP contribution >= 0.6 is 0 Å². The number of carboxylic acids is 1. The maximum absolute atomic E-state index is 12.0. The summed E-state index contributed by atoms with van der Waals surface area (Å²) in [5, 5.41) is 15.6. The summed E-state index contributed by atoms with van der Waals surface area (Å²) in [4.78, 5) is 26.9. The van der Waals surface area contributed by atoms with Crippen LogP contribution < -0.4 is 10.9 Å². The predicted molar refractivity (Wildman–Crippen MR) is 68.7 cm³/mol. The Bertz CT molecular complexity index is 652. The first kappa shape index (κ1) is 12.7.